The number of benzene rings is 1. The van der Waals surface area contributed by atoms with Gasteiger partial charge in [0.25, 0.3) is 0 Å². The molecule has 1 aromatic rings. The van der Waals surface area contributed by atoms with E-state index in [1.54, 1.807) is 12.1 Å². The lowest BCUT2D eigenvalue weighted by Crippen LogP contribution is -2.41. The minimum Gasteiger partial charge on any atom is -0.494 e. The number of unbranched alkanes of at least 4 members (excludes halogenated alkanes) is 9. The smallest absolute Gasteiger partial charge is 0.335 e. The highest BCUT2D eigenvalue weighted by Crippen LogP contribution is 2.14. The third-order valence-electron chi connectivity index (χ3n) is 9.56. The molecule has 0 saturated carbocycles. The molecule has 2 atom stereocenters. The second kappa shape index (κ2) is 39.3. The molecule has 22 heteroatoms. The molecule has 21 nitrogen and oxygen atoms in total. The number of amides is 5. The number of ether oxygens (including phenoxy) is 5. The van der Waals surface area contributed by atoms with Crippen LogP contribution < -0.4 is 31.3 Å². The average Bonchev–Trinajstić information content (AvgIpc) is 3.29. The van der Waals surface area contributed by atoms with Crippen molar-refractivity contribution in [3.05, 3.63) is 29.8 Å². The molecule has 0 aliphatic heterocycles. The fourth-order valence-corrected chi connectivity index (χ4v) is 6.15. The fraction of sp³-hybridized carbons (Fsp3) is 0.682. The molecule has 5 amide bonds. The number of hydrogen-bond acceptors (Lipinski definition) is 13. The van der Waals surface area contributed by atoms with Gasteiger partial charge in [-0.2, -0.15) is 0 Å². The summed E-state index contributed by atoms with van der Waals surface area (Å²) in [5, 5.41) is 40.5. The summed E-state index contributed by atoms with van der Waals surface area (Å²) in [7, 11) is 0. The second-order valence-electron chi connectivity index (χ2n) is 15.1. The molecule has 0 aliphatic carbocycles. The molecule has 0 saturated heterocycles. The first-order valence-corrected chi connectivity index (χ1v) is 23.6. The van der Waals surface area contributed by atoms with Gasteiger partial charge in [-0.05, 0) is 62.8 Å². The topological polar surface area (TPSA) is 304 Å². The highest BCUT2D eigenvalue weighted by Gasteiger charge is 2.21. The SMILES string of the molecule is O=C(CCC(NC(=O)CCCCCCCCCCCOc1ccc(C(=O)O)cc1)C(=O)O)NCCOCCOCC(=O)NCCOCCOCC(=O)NCCCCC(NC(=O)CBr)C(=O)O. The predicted molar refractivity (Wildman–Crippen MR) is 243 cm³/mol. The lowest BCUT2D eigenvalue weighted by atomic mass is 10.1. The number of alkyl halides is 1. The van der Waals surface area contributed by atoms with Gasteiger partial charge in [0.15, 0.2) is 0 Å². The van der Waals surface area contributed by atoms with Crippen LogP contribution in [0.15, 0.2) is 24.3 Å². The molecule has 0 heterocycles. The van der Waals surface area contributed by atoms with Crippen LogP contribution in [-0.2, 0) is 52.5 Å². The molecule has 0 bridgehead atoms. The summed E-state index contributed by atoms with van der Waals surface area (Å²) in [6, 6.07) is 4.20. The number of carboxylic acids is 3. The van der Waals surface area contributed by atoms with Crippen molar-refractivity contribution in [2.75, 3.05) is 84.4 Å². The first-order valence-electron chi connectivity index (χ1n) is 22.5. The van der Waals surface area contributed by atoms with E-state index in [-0.39, 0.29) is 126 Å². The number of hydrogen-bond donors (Lipinski definition) is 8. The van der Waals surface area contributed by atoms with Crippen LogP contribution in [0.3, 0.4) is 0 Å². The van der Waals surface area contributed by atoms with Gasteiger partial charge >= 0.3 is 17.9 Å². The maximum absolute atomic E-state index is 12.3. The first kappa shape index (κ1) is 59.1. The van der Waals surface area contributed by atoms with E-state index in [4.69, 9.17) is 33.9 Å². The Bertz CT molecular complexity index is 1570. The standard InChI is InChI=1S/C44H70BrN5O16/c45-30-39(53)50-35(43(58)59)12-9-10-20-46-40(54)31-64-28-27-63-25-22-48-41(55)32-65-29-26-62-24-21-47-37(51)19-18-36(44(60)61)49-38(52)13-8-6-4-2-1-3-5-7-11-23-66-34-16-14-33(15-17-34)42(56)57/h14-17,35-36H,1-13,18-32H2,(H,46,54)(H,47,51)(H,48,55)(H,49,52)(H,50,53)(H,56,57)(H,58,59)(H,60,61). The van der Waals surface area contributed by atoms with Crippen molar-refractivity contribution in [3.63, 3.8) is 0 Å². The van der Waals surface area contributed by atoms with Gasteiger partial charge in [-0.3, -0.25) is 24.0 Å². The quantitative estimate of drug-likeness (QED) is 0.0344. The average molecular weight is 1000 g/mol. The molecule has 2 unspecified atom stereocenters. The highest BCUT2D eigenvalue weighted by atomic mass is 79.9. The number of carboxylic acid groups (broad SMARTS) is 3. The van der Waals surface area contributed by atoms with E-state index in [0.29, 0.717) is 38.2 Å². The molecule has 0 aromatic heterocycles. The molecule has 0 fully saturated rings. The minimum atomic E-state index is -1.21. The van der Waals surface area contributed by atoms with Crippen LogP contribution in [0.2, 0.25) is 0 Å². The second-order valence-corrected chi connectivity index (χ2v) is 15.6. The zero-order valence-electron chi connectivity index (χ0n) is 37.8. The zero-order chi connectivity index (χ0) is 48.6. The van der Waals surface area contributed by atoms with Gasteiger partial charge in [-0.25, -0.2) is 14.4 Å². The van der Waals surface area contributed by atoms with Crippen LogP contribution in [0, 0.1) is 0 Å². The third kappa shape index (κ3) is 33.6. The van der Waals surface area contributed by atoms with Crippen molar-refractivity contribution in [3.8, 4) is 5.75 Å². The molecule has 374 valence electrons. The predicted octanol–water partition coefficient (Wildman–Crippen LogP) is 2.56. The summed E-state index contributed by atoms with van der Waals surface area (Å²) in [6.45, 7) is 2.06. The van der Waals surface area contributed by atoms with E-state index in [1.165, 1.54) is 12.1 Å². The summed E-state index contributed by atoms with van der Waals surface area (Å²) < 4.78 is 26.9. The van der Waals surface area contributed by atoms with Gasteiger partial charge in [0, 0.05) is 32.5 Å². The van der Waals surface area contributed by atoms with E-state index in [1.807, 2.05) is 0 Å². The largest absolute Gasteiger partial charge is 0.494 e. The van der Waals surface area contributed by atoms with E-state index < -0.39 is 35.9 Å². The number of nitrogens with one attached hydrogen (secondary N) is 5. The first-order chi connectivity index (χ1) is 31.8. The van der Waals surface area contributed by atoms with Crippen molar-refractivity contribution in [1.82, 2.24) is 26.6 Å². The monoisotopic (exact) mass is 1000 g/mol. The Hall–Kier alpha value is -4.90. The Morgan fingerprint density at radius 2 is 0.955 bits per heavy atom. The van der Waals surface area contributed by atoms with E-state index in [9.17, 15) is 43.5 Å². The van der Waals surface area contributed by atoms with Gasteiger partial charge in [0.1, 0.15) is 31.0 Å². The number of halogens is 1. The van der Waals surface area contributed by atoms with Gasteiger partial charge in [0.05, 0.1) is 57.1 Å². The maximum atomic E-state index is 12.3. The van der Waals surface area contributed by atoms with Gasteiger partial charge < -0.3 is 65.6 Å². The lowest BCUT2D eigenvalue weighted by Gasteiger charge is -2.14. The van der Waals surface area contributed by atoms with Gasteiger partial charge in [0.2, 0.25) is 29.5 Å². The third-order valence-corrected chi connectivity index (χ3v) is 10.1. The Morgan fingerprint density at radius 1 is 0.470 bits per heavy atom. The maximum Gasteiger partial charge on any atom is 0.335 e. The van der Waals surface area contributed by atoms with Crippen LogP contribution in [0.4, 0.5) is 0 Å². The van der Waals surface area contributed by atoms with Crippen LogP contribution >= 0.6 is 15.9 Å². The van der Waals surface area contributed by atoms with Crippen molar-refractivity contribution < 1.29 is 77.4 Å². The number of carbonyl (C=O) groups is 8. The lowest BCUT2D eigenvalue weighted by molar-refractivity contribution is -0.142. The fourth-order valence-electron chi connectivity index (χ4n) is 5.98. The molecule has 8 N–H and O–H groups in total. The molecule has 0 aliphatic rings. The minimum absolute atomic E-state index is 0.0129. The van der Waals surface area contributed by atoms with Crippen molar-refractivity contribution in [2.24, 2.45) is 0 Å². The van der Waals surface area contributed by atoms with Crippen LogP contribution in [0.25, 0.3) is 0 Å². The highest BCUT2D eigenvalue weighted by molar-refractivity contribution is 9.09. The van der Waals surface area contributed by atoms with Crippen molar-refractivity contribution >= 4 is 63.4 Å². The molecule has 0 radical (unpaired) electrons. The summed E-state index contributed by atoms with van der Waals surface area (Å²) in [5.41, 5.74) is 0.226. The van der Waals surface area contributed by atoms with Crippen LogP contribution in [0.5, 0.6) is 5.75 Å². The summed E-state index contributed by atoms with van der Waals surface area (Å²) >= 11 is 2.97. The van der Waals surface area contributed by atoms with Gasteiger partial charge in [-0.15, -0.1) is 0 Å². The number of aliphatic carboxylic acids is 2. The van der Waals surface area contributed by atoms with E-state index in [2.05, 4.69) is 42.5 Å². The number of rotatable bonds is 43. The zero-order valence-corrected chi connectivity index (χ0v) is 39.4. The molecule has 1 aromatic carbocycles. The van der Waals surface area contributed by atoms with Crippen molar-refractivity contribution in [1.29, 1.82) is 0 Å². The molecule has 66 heavy (non-hydrogen) atoms. The Balaban J connectivity index is 1.93. The normalized spacial score (nSPS) is 11.8. The van der Waals surface area contributed by atoms with Crippen molar-refractivity contribution in [2.45, 2.75) is 108 Å². The van der Waals surface area contributed by atoms with Crippen LogP contribution in [-0.4, -0.2) is 159 Å². The molecular weight excluding hydrogens is 934 g/mol. The number of carbonyl (C=O) groups excluding carboxylic acids is 5. The summed E-state index contributed by atoms with van der Waals surface area (Å²) in [6.07, 6.45) is 10.1. The summed E-state index contributed by atoms with van der Waals surface area (Å²) in [5.74, 6) is -4.46. The Labute approximate surface area is 394 Å². The Kier molecular flexibility index (Phi) is 35.2. The van der Waals surface area contributed by atoms with E-state index >= 15 is 0 Å². The molecule has 1 rings (SSSR count). The molecular formula is C44H70BrN5O16. The van der Waals surface area contributed by atoms with Gasteiger partial charge in [-0.1, -0.05) is 60.9 Å². The Morgan fingerprint density at radius 3 is 1.50 bits per heavy atom. The summed E-state index contributed by atoms with van der Waals surface area (Å²) in [4.78, 5) is 93.5. The molecule has 0 spiro atoms. The van der Waals surface area contributed by atoms with Crippen LogP contribution in [0.1, 0.15) is 107 Å². The number of aromatic carboxylic acids is 1. The van der Waals surface area contributed by atoms with E-state index in [0.717, 1.165) is 51.4 Å².